The Morgan fingerprint density at radius 1 is 1.29 bits per heavy atom. The Morgan fingerprint density at radius 2 is 1.93 bits per heavy atom. The molecule has 0 bridgehead atoms. The van der Waals surface area contributed by atoms with E-state index in [1.807, 2.05) is 0 Å². The van der Waals surface area contributed by atoms with E-state index in [1.165, 1.54) is 0 Å². The molecule has 0 radical (unpaired) electrons. The summed E-state index contributed by atoms with van der Waals surface area (Å²) in [5, 5.41) is 9.99. The molecule has 0 aliphatic heterocycles. The average Bonchev–Trinajstić information content (AvgIpc) is 2.17. The Morgan fingerprint density at radius 3 is 2.50 bits per heavy atom. The molecule has 1 rings (SSSR count). The summed E-state index contributed by atoms with van der Waals surface area (Å²) in [5.41, 5.74) is 0. The normalized spacial score (nSPS) is 12.5. The van der Waals surface area contributed by atoms with Gasteiger partial charge in [-0.25, -0.2) is 0 Å². The molecule has 1 unspecified atom stereocenters. The number of rotatable bonds is 5. The van der Waals surface area contributed by atoms with E-state index >= 15 is 0 Å². The topological polar surface area (TPSA) is 29.5 Å². The molecule has 0 aliphatic rings. The second-order valence-electron chi connectivity index (χ2n) is 2.90. The molecule has 0 saturated carbocycles. The molecule has 1 aromatic rings. The second-order valence-corrected chi connectivity index (χ2v) is 3.71. The molecule has 2 nitrogen and oxygen atoms in total. The highest BCUT2D eigenvalue weighted by Crippen LogP contribution is 2.15. The van der Waals surface area contributed by atoms with Crippen LogP contribution in [0.2, 0.25) is 5.02 Å². The molecule has 1 aromatic carbocycles. The van der Waals surface area contributed by atoms with Crippen LogP contribution in [0.25, 0.3) is 0 Å². The molecule has 4 heteroatoms. The summed E-state index contributed by atoms with van der Waals surface area (Å²) in [5.74, 6) is 1.13. The fraction of sp³-hybridized carbons (Fsp3) is 0.400. The molecule has 0 spiro atoms. The summed E-state index contributed by atoms with van der Waals surface area (Å²) in [6, 6.07) is 7.00. The second kappa shape index (κ2) is 6.12. The van der Waals surface area contributed by atoms with Crippen LogP contribution in [0.5, 0.6) is 5.75 Å². The van der Waals surface area contributed by atoms with Gasteiger partial charge in [0.25, 0.3) is 0 Å². The molecular formula is C10H12Cl2O2. The molecule has 0 amide bonds. The zero-order valence-electron chi connectivity index (χ0n) is 7.62. The highest BCUT2D eigenvalue weighted by molar-refractivity contribution is 6.30. The number of alkyl halides is 1. The van der Waals surface area contributed by atoms with E-state index in [1.54, 1.807) is 24.3 Å². The van der Waals surface area contributed by atoms with E-state index in [9.17, 15) is 5.11 Å². The largest absolute Gasteiger partial charge is 0.491 e. The maximum absolute atomic E-state index is 9.33. The number of aliphatic hydroxyl groups excluding tert-OH is 1. The van der Waals surface area contributed by atoms with E-state index in [0.29, 0.717) is 23.1 Å². The average molecular weight is 235 g/mol. The fourth-order valence-corrected chi connectivity index (χ4v) is 1.31. The Bertz CT molecular complexity index is 261. The van der Waals surface area contributed by atoms with E-state index in [-0.39, 0.29) is 6.61 Å². The number of ether oxygens (including phenoxy) is 1. The van der Waals surface area contributed by atoms with Crippen LogP contribution in [0.3, 0.4) is 0 Å². The Hall–Kier alpha value is -0.440. The highest BCUT2D eigenvalue weighted by atomic mass is 35.5. The summed E-state index contributed by atoms with van der Waals surface area (Å²) in [6.45, 7) is 0.258. The quantitative estimate of drug-likeness (QED) is 0.795. The van der Waals surface area contributed by atoms with Crippen molar-refractivity contribution < 1.29 is 9.84 Å². The van der Waals surface area contributed by atoms with Crippen molar-refractivity contribution in [2.24, 2.45) is 0 Å². The summed E-state index contributed by atoms with van der Waals surface area (Å²) < 4.78 is 5.31. The zero-order chi connectivity index (χ0) is 10.4. The predicted octanol–water partition coefficient (Wildman–Crippen LogP) is 2.71. The molecule has 0 fully saturated rings. The Labute approximate surface area is 93.4 Å². The van der Waals surface area contributed by atoms with Crippen LogP contribution in [0, 0.1) is 0 Å². The molecule has 1 N–H and O–H groups in total. The zero-order valence-corrected chi connectivity index (χ0v) is 9.13. The van der Waals surface area contributed by atoms with Gasteiger partial charge in [0.15, 0.2) is 0 Å². The molecule has 0 aliphatic carbocycles. The summed E-state index contributed by atoms with van der Waals surface area (Å²) >= 11 is 11.2. The molecule has 0 heterocycles. The fourth-order valence-electron chi connectivity index (χ4n) is 0.933. The van der Waals surface area contributed by atoms with Gasteiger partial charge in [-0.3, -0.25) is 0 Å². The molecule has 1 atom stereocenters. The first-order chi connectivity index (χ1) is 6.72. The third-order valence-electron chi connectivity index (χ3n) is 1.70. The van der Waals surface area contributed by atoms with Crippen molar-refractivity contribution in [3.05, 3.63) is 29.3 Å². The molecule has 78 valence electrons. The van der Waals surface area contributed by atoms with Crippen molar-refractivity contribution in [3.63, 3.8) is 0 Å². The number of hydrogen-bond donors (Lipinski definition) is 1. The number of halogens is 2. The molecule has 0 saturated heterocycles. The minimum atomic E-state index is -0.511. The molecular weight excluding hydrogens is 223 g/mol. The van der Waals surface area contributed by atoms with Gasteiger partial charge < -0.3 is 9.84 Å². The van der Waals surface area contributed by atoms with Gasteiger partial charge in [0.2, 0.25) is 0 Å². The lowest BCUT2D eigenvalue weighted by molar-refractivity contribution is 0.105. The van der Waals surface area contributed by atoms with Gasteiger partial charge in [0.1, 0.15) is 12.4 Å². The highest BCUT2D eigenvalue weighted by Gasteiger charge is 2.03. The first-order valence-corrected chi connectivity index (χ1v) is 5.26. The lowest BCUT2D eigenvalue weighted by atomic mass is 10.3. The summed E-state index contributed by atoms with van der Waals surface area (Å²) in [7, 11) is 0. The first kappa shape index (κ1) is 11.6. The predicted molar refractivity (Wildman–Crippen MR) is 58.3 cm³/mol. The Balaban J connectivity index is 2.34. The van der Waals surface area contributed by atoms with Gasteiger partial charge in [-0.05, 0) is 30.7 Å². The number of hydrogen-bond acceptors (Lipinski definition) is 2. The van der Waals surface area contributed by atoms with Gasteiger partial charge in [-0.15, -0.1) is 11.6 Å². The summed E-state index contributed by atoms with van der Waals surface area (Å²) in [4.78, 5) is 0. The van der Waals surface area contributed by atoms with Crippen molar-refractivity contribution in [1.29, 1.82) is 0 Å². The molecule has 0 aromatic heterocycles. The van der Waals surface area contributed by atoms with E-state index < -0.39 is 6.10 Å². The maximum atomic E-state index is 9.33. The van der Waals surface area contributed by atoms with Crippen LogP contribution in [-0.2, 0) is 0 Å². The van der Waals surface area contributed by atoms with Crippen LogP contribution in [-0.4, -0.2) is 23.7 Å². The third kappa shape index (κ3) is 4.18. The standard InChI is InChI=1S/C10H12Cl2O2/c11-6-5-9(13)7-14-10-3-1-8(12)2-4-10/h1-4,9,13H,5-7H2. The smallest absolute Gasteiger partial charge is 0.119 e. The number of benzene rings is 1. The van der Waals surface area contributed by atoms with Crippen molar-refractivity contribution in [1.82, 2.24) is 0 Å². The van der Waals surface area contributed by atoms with Crippen LogP contribution in [0.1, 0.15) is 6.42 Å². The SMILES string of the molecule is OC(CCCl)COc1ccc(Cl)cc1. The maximum Gasteiger partial charge on any atom is 0.119 e. The van der Waals surface area contributed by atoms with Crippen molar-refractivity contribution in [2.45, 2.75) is 12.5 Å². The van der Waals surface area contributed by atoms with E-state index in [4.69, 9.17) is 27.9 Å². The minimum Gasteiger partial charge on any atom is -0.491 e. The van der Waals surface area contributed by atoms with Gasteiger partial charge in [-0.2, -0.15) is 0 Å². The Kier molecular flexibility index (Phi) is 5.09. The van der Waals surface area contributed by atoms with Crippen molar-refractivity contribution in [2.75, 3.05) is 12.5 Å². The third-order valence-corrected chi connectivity index (χ3v) is 2.17. The van der Waals surface area contributed by atoms with Gasteiger partial charge >= 0.3 is 0 Å². The van der Waals surface area contributed by atoms with Gasteiger partial charge in [0.05, 0.1) is 6.10 Å². The van der Waals surface area contributed by atoms with Crippen molar-refractivity contribution in [3.8, 4) is 5.75 Å². The van der Waals surface area contributed by atoms with E-state index in [0.717, 1.165) is 0 Å². The lowest BCUT2D eigenvalue weighted by Gasteiger charge is -2.10. The van der Waals surface area contributed by atoms with Crippen LogP contribution in [0.4, 0.5) is 0 Å². The van der Waals surface area contributed by atoms with Crippen LogP contribution >= 0.6 is 23.2 Å². The van der Waals surface area contributed by atoms with Crippen LogP contribution < -0.4 is 4.74 Å². The van der Waals surface area contributed by atoms with Crippen LogP contribution in [0.15, 0.2) is 24.3 Å². The lowest BCUT2D eigenvalue weighted by Crippen LogP contribution is -2.17. The summed E-state index contributed by atoms with van der Waals surface area (Å²) in [6.07, 6.45) is 0.0259. The molecule has 14 heavy (non-hydrogen) atoms. The number of aliphatic hydroxyl groups is 1. The van der Waals surface area contributed by atoms with E-state index in [2.05, 4.69) is 0 Å². The van der Waals surface area contributed by atoms with Gasteiger partial charge in [-0.1, -0.05) is 11.6 Å². The van der Waals surface area contributed by atoms with Gasteiger partial charge in [0, 0.05) is 10.9 Å². The van der Waals surface area contributed by atoms with Crippen molar-refractivity contribution >= 4 is 23.2 Å². The minimum absolute atomic E-state index is 0.258. The first-order valence-electron chi connectivity index (χ1n) is 4.35. The monoisotopic (exact) mass is 234 g/mol.